The molecule has 0 radical (unpaired) electrons. The maximum absolute atomic E-state index is 12.6. The van der Waals surface area contributed by atoms with Gasteiger partial charge in [0.1, 0.15) is 11.3 Å². The molecule has 2 N–H and O–H groups in total. The van der Waals surface area contributed by atoms with Crippen molar-refractivity contribution in [1.82, 2.24) is 9.88 Å². The van der Waals surface area contributed by atoms with E-state index < -0.39 is 0 Å². The van der Waals surface area contributed by atoms with Gasteiger partial charge >= 0.3 is 0 Å². The predicted molar refractivity (Wildman–Crippen MR) is 95.3 cm³/mol. The molecule has 0 bridgehead atoms. The molecule has 6 nitrogen and oxygen atoms in total. The number of fused-ring (bicyclic) bond motifs is 1. The number of amides is 2. The van der Waals surface area contributed by atoms with Gasteiger partial charge in [-0.2, -0.15) is 0 Å². The van der Waals surface area contributed by atoms with Gasteiger partial charge < -0.3 is 15.4 Å². The van der Waals surface area contributed by atoms with Crippen LogP contribution in [0.15, 0.2) is 30.5 Å². The molecule has 1 aliphatic rings. The number of piperidine rings is 1. The average Bonchev–Trinajstić information content (AvgIpc) is 2.61. The SMILES string of the molecule is C[C@@H]1CC[C@H](C(N)=O)CN1C(=O)COc1ccc(Cl)c2cccnc12. The number of aromatic nitrogens is 1. The van der Waals surface area contributed by atoms with Gasteiger partial charge in [-0.05, 0) is 44.0 Å². The van der Waals surface area contributed by atoms with E-state index in [4.69, 9.17) is 22.1 Å². The topological polar surface area (TPSA) is 85.5 Å². The molecule has 2 atom stereocenters. The van der Waals surface area contributed by atoms with Crippen LogP contribution in [-0.2, 0) is 9.59 Å². The lowest BCUT2D eigenvalue weighted by Gasteiger charge is -2.36. The molecule has 0 unspecified atom stereocenters. The van der Waals surface area contributed by atoms with E-state index in [1.54, 1.807) is 29.3 Å². The molecular formula is C18H20ClN3O3. The Morgan fingerprint density at radius 2 is 2.16 bits per heavy atom. The van der Waals surface area contributed by atoms with Gasteiger partial charge in [-0.25, -0.2) is 0 Å². The lowest BCUT2D eigenvalue weighted by atomic mass is 9.93. The lowest BCUT2D eigenvalue weighted by Crippen LogP contribution is -2.50. The number of benzene rings is 1. The van der Waals surface area contributed by atoms with Gasteiger partial charge in [-0.3, -0.25) is 14.6 Å². The predicted octanol–water partition coefficient (Wildman–Crippen LogP) is 2.38. The van der Waals surface area contributed by atoms with Crippen molar-refractivity contribution in [3.05, 3.63) is 35.5 Å². The van der Waals surface area contributed by atoms with Gasteiger partial charge in [0.15, 0.2) is 6.61 Å². The van der Waals surface area contributed by atoms with E-state index in [1.165, 1.54) is 0 Å². The Bertz CT molecular complexity index is 811. The third-order valence-electron chi connectivity index (χ3n) is 4.64. The van der Waals surface area contributed by atoms with Crippen LogP contribution in [0.4, 0.5) is 0 Å². The van der Waals surface area contributed by atoms with Gasteiger partial charge in [-0.15, -0.1) is 0 Å². The van der Waals surface area contributed by atoms with Gasteiger partial charge in [0.25, 0.3) is 5.91 Å². The summed E-state index contributed by atoms with van der Waals surface area (Å²) >= 11 is 6.16. The number of pyridine rings is 1. The highest BCUT2D eigenvalue weighted by atomic mass is 35.5. The Morgan fingerprint density at radius 3 is 2.92 bits per heavy atom. The summed E-state index contributed by atoms with van der Waals surface area (Å²) in [6, 6.07) is 7.13. The number of carbonyl (C=O) groups excluding carboxylic acids is 2. The lowest BCUT2D eigenvalue weighted by molar-refractivity contribution is -0.139. The molecule has 2 amide bonds. The van der Waals surface area contributed by atoms with Crippen LogP contribution in [0.2, 0.25) is 5.02 Å². The number of halogens is 1. The summed E-state index contributed by atoms with van der Waals surface area (Å²) in [5, 5.41) is 1.35. The van der Waals surface area contributed by atoms with E-state index >= 15 is 0 Å². The van der Waals surface area contributed by atoms with Crippen LogP contribution in [0.25, 0.3) is 10.9 Å². The Kier molecular flexibility index (Phi) is 5.08. The Labute approximate surface area is 150 Å². The standard InChI is InChI=1S/C18H20ClN3O3/c1-11-4-5-12(18(20)24)9-22(11)16(23)10-25-15-7-6-14(19)13-3-2-8-21-17(13)15/h2-3,6-8,11-12H,4-5,9-10H2,1H3,(H2,20,24)/t11-,12+/m1/s1. The van der Waals surface area contributed by atoms with Crippen molar-refractivity contribution >= 4 is 34.3 Å². The van der Waals surface area contributed by atoms with E-state index in [0.717, 1.165) is 11.8 Å². The smallest absolute Gasteiger partial charge is 0.260 e. The molecule has 1 aromatic carbocycles. The molecule has 2 aromatic rings. The van der Waals surface area contributed by atoms with Crippen molar-refractivity contribution in [2.24, 2.45) is 11.7 Å². The van der Waals surface area contributed by atoms with Crippen molar-refractivity contribution in [2.45, 2.75) is 25.8 Å². The quantitative estimate of drug-likeness (QED) is 0.905. The van der Waals surface area contributed by atoms with Gasteiger partial charge in [0.2, 0.25) is 5.91 Å². The first kappa shape index (κ1) is 17.5. The largest absolute Gasteiger partial charge is 0.481 e. The number of rotatable bonds is 4. The normalized spacial score (nSPS) is 20.5. The van der Waals surface area contributed by atoms with E-state index in [-0.39, 0.29) is 30.4 Å². The molecule has 1 aliphatic heterocycles. The molecule has 0 saturated carbocycles. The summed E-state index contributed by atoms with van der Waals surface area (Å²) in [6.07, 6.45) is 3.12. The summed E-state index contributed by atoms with van der Waals surface area (Å²) in [5.41, 5.74) is 6.00. The number of carbonyl (C=O) groups is 2. The zero-order valence-corrected chi connectivity index (χ0v) is 14.7. The van der Waals surface area contributed by atoms with Crippen molar-refractivity contribution in [2.75, 3.05) is 13.2 Å². The molecule has 3 rings (SSSR count). The first-order valence-corrected chi connectivity index (χ1v) is 8.60. The molecule has 0 spiro atoms. The third-order valence-corrected chi connectivity index (χ3v) is 4.96. The minimum Gasteiger partial charge on any atom is -0.481 e. The molecule has 0 aliphatic carbocycles. The number of hydrogen-bond donors (Lipinski definition) is 1. The number of nitrogens with zero attached hydrogens (tertiary/aromatic N) is 2. The minimum absolute atomic E-state index is 0.0618. The van der Waals surface area contributed by atoms with Crippen molar-refractivity contribution < 1.29 is 14.3 Å². The fraction of sp³-hybridized carbons (Fsp3) is 0.389. The third kappa shape index (κ3) is 3.69. The van der Waals surface area contributed by atoms with Crippen molar-refractivity contribution in [3.8, 4) is 5.75 Å². The monoisotopic (exact) mass is 361 g/mol. The highest BCUT2D eigenvalue weighted by molar-refractivity contribution is 6.35. The Balaban J connectivity index is 1.72. The molecule has 132 valence electrons. The maximum atomic E-state index is 12.6. The van der Waals surface area contributed by atoms with Crippen molar-refractivity contribution in [1.29, 1.82) is 0 Å². The van der Waals surface area contributed by atoms with Gasteiger partial charge in [0.05, 0.1) is 10.9 Å². The summed E-state index contributed by atoms with van der Waals surface area (Å²) < 4.78 is 5.70. The molecule has 1 fully saturated rings. The van der Waals surface area contributed by atoms with E-state index in [2.05, 4.69) is 4.98 Å². The summed E-state index contributed by atoms with van der Waals surface area (Å²) in [5.74, 6) is -0.321. The summed E-state index contributed by atoms with van der Waals surface area (Å²) in [7, 11) is 0. The molecule has 7 heteroatoms. The molecule has 2 heterocycles. The number of nitrogens with two attached hydrogens (primary N) is 1. The zero-order chi connectivity index (χ0) is 18.0. The van der Waals surface area contributed by atoms with Gasteiger partial charge in [0, 0.05) is 24.2 Å². The Morgan fingerprint density at radius 1 is 1.36 bits per heavy atom. The summed E-state index contributed by atoms with van der Waals surface area (Å²) in [6.45, 7) is 2.19. The Hall–Kier alpha value is -2.34. The van der Waals surface area contributed by atoms with E-state index in [0.29, 0.717) is 29.3 Å². The average molecular weight is 362 g/mol. The highest BCUT2D eigenvalue weighted by Crippen LogP contribution is 2.30. The second-order valence-electron chi connectivity index (χ2n) is 6.31. The number of hydrogen-bond acceptors (Lipinski definition) is 4. The molecule has 1 aromatic heterocycles. The van der Waals surface area contributed by atoms with Crippen LogP contribution in [-0.4, -0.2) is 40.9 Å². The second kappa shape index (κ2) is 7.27. The summed E-state index contributed by atoms with van der Waals surface area (Å²) in [4.78, 5) is 29.9. The van der Waals surface area contributed by atoms with Crippen LogP contribution < -0.4 is 10.5 Å². The fourth-order valence-corrected chi connectivity index (χ4v) is 3.35. The van der Waals surface area contributed by atoms with Gasteiger partial charge in [-0.1, -0.05) is 11.6 Å². The zero-order valence-electron chi connectivity index (χ0n) is 13.9. The van der Waals surface area contributed by atoms with Crippen LogP contribution in [0.5, 0.6) is 5.75 Å². The first-order chi connectivity index (χ1) is 12.0. The molecule has 1 saturated heterocycles. The van der Waals surface area contributed by atoms with E-state index in [9.17, 15) is 9.59 Å². The number of likely N-dealkylation sites (tertiary alicyclic amines) is 1. The van der Waals surface area contributed by atoms with Crippen LogP contribution in [0, 0.1) is 5.92 Å². The number of primary amides is 1. The minimum atomic E-state index is -0.362. The second-order valence-corrected chi connectivity index (χ2v) is 6.71. The maximum Gasteiger partial charge on any atom is 0.260 e. The highest BCUT2D eigenvalue weighted by Gasteiger charge is 2.31. The first-order valence-electron chi connectivity index (χ1n) is 8.22. The number of ether oxygens (including phenoxy) is 1. The van der Waals surface area contributed by atoms with Crippen LogP contribution in [0.1, 0.15) is 19.8 Å². The fourth-order valence-electron chi connectivity index (χ4n) is 3.14. The molecular weight excluding hydrogens is 342 g/mol. The van der Waals surface area contributed by atoms with Crippen molar-refractivity contribution in [3.63, 3.8) is 0 Å². The molecule has 25 heavy (non-hydrogen) atoms. The van der Waals surface area contributed by atoms with Crippen LogP contribution >= 0.6 is 11.6 Å². The van der Waals surface area contributed by atoms with E-state index in [1.807, 2.05) is 13.0 Å². The van der Waals surface area contributed by atoms with Crippen LogP contribution in [0.3, 0.4) is 0 Å².